The average Bonchev–Trinajstić information content (AvgIpc) is 2.34. The van der Waals surface area contributed by atoms with Crippen molar-refractivity contribution in [1.29, 1.82) is 0 Å². The van der Waals surface area contributed by atoms with Crippen molar-refractivity contribution in [3.05, 3.63) is 0 Å². The summed E-state index contributed by atoms with van der Waals surface area (Å²) in [5, 5.41) is 0.484. The number of unbranched alkanes of at least 4 members (excludes halogenated alkanes) is 12. The first kappa shape index (κ1) is 17.9. The standard InChI is InChI=1S/C16H34OSi/c1-2-3-4-5-6-7-8-9-10-11-12-13-14-15-16(17)18/h2-15H2,1,18H3. The molecular weight excluding hydrogens is 236 g/mol. The third-order valence-corrected chi connectivity index (χ3v) is 4.13. The Morgan fingerprint density at radius 2 is 1.00 bits per heavy atom. The molecule has 0 radical (unpaired) electrons. The number of rotatable bonds is 14. The lowest BCUT2D eigenvalue weighted by atomic mass is 10.0. The molecule has 0 N–H and O–H groups in total. The van der Waals surface area contributed by atoms with Gasteiger partial charge >= 0.3 is 0 Å². The Hall–Kier alpha value is -0.113. The summed E-state index contributed by atoms with van der Waals surface area (Å²) in [6, 6.07) is 0. The SMILES string of the molecule is CCCCCCCCCCCCCCCC(=O)[SiH3]. The lowest BCUT2D eigenvalue weighted by molar-refractivity contribution is -0.111. The highest BCUT2D eigenvalue weighted by atomic mass is 28.1. The summed E-state index contributed by atoms with van der Waals surface area (Å²) in [7, 11) is 0.751. The maximum Gasteiger partial charge on any atom is 0.100 e. The number of hydrogen-bond donors (Lipinski definition) is 0. The zero-order valence-electron chi connectivity index (χ0n) is 12.8. The molecule has 0 spiro atoms. The lowest BCUT2D eigenvalue weighted by Gasteiger charge is -2.02. The van der Waals surface area contributed by atoms with Gasteiger partial charge in [0.1, 0.15) is 5.41 Å². The van der Waals surface area contributed by atoms with E-state index < -0.39 is 0 Å². The number of carbonyl (C=O) groups excluding carboxylic acids is 1. The molecule has 0 aliphatic rings. The Bertz CT molecular complexity index is 180. The Morgan fingerprint density at radius 1 is 0.667 bits per heavy atom. The summed E-state index contributed by atoms with van der Waals surface area (Å²) in [6.07, 6.45) is 18.8. The molecule has 0 aliphatic heterocycles. The minimum absolute atomic E-state index is 0.484. The van der Waals surface area contributed by atoms with Crippen molar-refractivity contribution in [1.82, 2.24) is 0 Å². The Morgan fingerprint density at radius 3 is 1.33 bits per heavy atom. The van der Waals surface area contributed by atoms with E-state index in [0.717, 1.165) is 23.1 Å². The van der Waals surface area contributed by atoms with Gasteiger partial charge in [0.05, 0.1) is 10.2 Å². The second-order valence-corrected chi connectivity index (χ2v) is 6.81. The highest BCUT2D eigenvalue weighted by Gasteiger charge is 1.95. The molecule has 0 fully saturated rings. The van der Waals surface area contributed by atoms with Crippen LogP contribution in [0.25, 0.3) is 0 Å². The minimum Gasteiger partial charge on any atom is -0.307 e. The van der Waals surface area contributed by atoms with E-state index in [0.29, 0.717) is 5.41 Å². The molecule has 0 aromatic rings. The molecule has 0 unspecified atom stereocenters. The summed E-state index contributed by atoms with van der Waals surface area (Å²) in [4.78, 5) is 10.8. The van der Waals surface area contributed by atoms with Crippen LogP contribution in [-0.4, -0.2) is 15.6 Å². The Balaban J connectivity index is 2.92. The van der Waals surface area contributed by atoms with E-state index in [-0.39, 0.29) is 0 Å². The number of hydrogen-bond acceptors (Lipinski definition) is 1. The zero-order valence-corrected chi connectivity index (χ0v) is 14.8. The van der Waals surface area contributed by atoms with Crippen LogP contribution in [-0.2, 0) is 4.79 Å². The molecule has 0 bridgehead atoms. The first-order chi connectivity index (χ1) is 8.77. The van der Waals surface area contributed by atoms with Crippen molar-refractivity contribution in [2.45, 2.75) is 96.8 Å². The molecule has 18 heavy (non-hydrogen) atoms. The highest BCUT2D eigenvalue weighted by Crippen LogP contribution is 2.12. The summed E-state index contributed by atoms with van der Waals surface area (Å²) in [5.41, 5.74) is 0. The van der Waals surface area contributed by atoms with Gasteiger partial charge in [0.25, 0.3) is 0 Å². The van der Waals surface area contributed by atoms with E-state index in [4.69, 9.17) is 0 Å². The van der Waals surface area contributed by atoms with Gasteiger partial charge in [-0.25, -0.2) is 0 Å². The summed E-state index contributed by atoms with van der Waals surface area (Å²) >= 11 is 0. The van der Waals surface area contributed by atoms with Crippen LogP contribution in [0.3, 0.4) is 0 Å². The smallest absolute Gasteiger partial charge is 0.100 e. The molecule has 0 atom stereocenters. The number of carbonyl (C=O) groups is 1. The van der Waals surface area contributed by atoms with Crippen LogP contribution in [0.1, 0.15) is 96.8 Å². The van der Waals surface area contributed by atoms with Crippen LogP contribution in [0, 0.1) is 0 Å². The Labute approximate surface area is 118 Å². The molecule has 2 heteroatoms. The van der Waals surface area contributed by atoms with E-state index in [2.05, 4.69) is 6.92 Å². The maximum atomic E-state index is 10.8. The quantitative estimate of drug-likeness (QED) is 0.338. The molecule has 0 aromatic heterocycles. The lowest BCUT2D eigenvalue weighted by Crippen LogP contribution is -1.94. The molecule has 0 rings (SSSR count). The summed E-state index contributed by atoms with van der Waals surface area (Å²) in [5.74, 6) is 0. The topological polar surface area (TPSA) is 17.1 Å². The molecule has 108 valence electrons. The van der Waals surface area contributed by atoms with Gasteiger partial charge < -0.3 is 4.79 Å². The fraction of sp³-hybridized carbons (Fsp3) is 0.938. The fourth-order valence-corrected chi connectivity index (χ4v) is 2.75. The van der Waals surface area contributed by atoms with E-state index in [1.807, 2.05) is 0 Å². The normalized spacial score (nSPS) is 10.9. The van der Waals surface area contributed by atoms with Gasteiger partial charge in [-0.15, -0.1) is 0 Å². The molecule has 0 saturated carbocycles. The van der Waals surface area contributed by atoms with Gasteiger partial charge in [-0.1, -0.05) is 84.0 Å². The van der Waals surface area contributed by atoms with Crippen LogP contribution in [0.4, 0.5) is 0 Å². The monoisotopic (exact) mass is 270 g/mol. The second kappa shape index (κ2) is 14.9. The molecular formula is C16H34OSi. The van der Waals surface area contributed by atoms with Gasteiger partial charge in [-0.2, -0.15) is 0 Å². The van der Waals surface area contributed by atoms with Gasteiger partial charge in [-0.05, 0) is 6.42 Å². The summed E-state index contributed by atoms with van der Waals surface area (Å²) in [6.45, 7) is 2.28. The summed E-state index contributed by atoms with van der Waals surface area (Å²) < 4.78 is 0. The fourth-order valence-electron chi connectivity index (χ4n) is 2.39. The molecule has 0 heterocycles. The van der Waals surface area contributed by atoms with E-state index >= 15 is 0 Å². The molecule has 0 aromatic carbocycles. The van der Waals surface area contributed by atoms with Crippen molar-refractivity contribution in [3.8, 4) is 0 Å². The van der Waals surface area contributed by atoms with Crippen LogP contribution in [0.2, 0.25) is 0 Å². The van der Waals surface area contributed by atoms with E-state index in [1.165, 1.54) is 77.0 Å². The largest absolute Gasteiger partial charge is 0.307 e. The average molecular weight is 271 g/mol. The van der Waals surface area contributed by atoms with Crippen LogP contribution < -0.4 is 0 Å². The predicted molar refractivity (Wildman–Crippen MR) is 85.3 cm³/mol. The Kier molecular flexibility index (Phi) is 14.9. The van der Waals surface area contributed by atoms with Gasteiger partial charge in [0, 0.05) is 6.42 Å². The third kappa shape index (κ3) is 15.9. The van der Waals surface area contributed by atoms with Crippen LogP contribution in [0.5, 0.6) is 0 Å². The first-order valence-corrected chi connectivity index (χ1v) is 9.26. The van der Waals surface area contributed by atoms with Gasteiger partial charge in [0.15, 0.2) is 0 Å². The minimum atomic E-state index is 0.484. The maximum absolute atomic E-state index is 10.8. The molecule has 0 aliphatic carbocycles. The van der Waals surface area contributed by atoms with Crippen molar-refractivity contribution in [2.24, 2.45) is 0 Å². The molecule has 0 amide bonds. The predicted octanol–water partition coefficient (Wildman–Crippen LogP) is 4.36. The van der Waals surface area contributed by atoms with Crippen molar-refractivity contribution < 1.29 is 4.79 Å². The van der Waals surface area contributed by atoms with Crippen molar-refractivity contribution in [3.63, 3.8) is 0 Å². The molecule has 0 saturated heterocycles. The van der Waals surface area contributed by atoms with Gasteiger partial charge in [-0.3, -0.25) is 0 Å². The first-order valence-electron chi connectivity index (χ1n) is 8.26. The van der Waals surface area contributed by atoms with Gasteiger partial charge in [0.2, 0.25) is 0 Å². The van der Waals surface area contributed by atoms with Crippen LogP contribution in [0.15, 0.2) is 0 Å². The van der Waals surface area contributed by atoms with E-state index in [9.17, 15) is 4.79 Å². The zero-order chi connectivity index (χ0) is 13.5. The third-order valence-electron chi connectivity index (χ3n) is 3.63. The highest BCUT2D eigenvalue weighted by molar-refractivity contribution is 6.57. The van der Waals surface area contributed by atoms with Crippen molar-refractivity contribution in [2.75, 3.05) is 0 Å². The van der Waals surface area contributed by atoms with E-state index in [1.54, 1.807) is 0 Å². The molecule has 1 nitrogen and oxygen atoms in total. The van der Waals surface area contributed by atoms with Crippen LogP contribution >= 0.6 is 0 Å². The second-order valence-electron chi connectivity index (χ2n) is 5.69. The van der Waals surface area contributed by atoms with Crippen molar-refractivity contribution >= 4 is 15.6 Å².